The molecule has 3 atom stereocenters. The van der Waals surface area contributed by atoms with Gasteiger partial charge >= 0.3 is 0 Å². The first-order valence-electron chi connectivity index (χ1n) is 19.7. The number of unbranched alkanes of at least 4 members (excludes halogenated alkanes) is 20. The summed E-state index contributed by atoms with van der Waals surface area (Å²) >= 11 is 0. The lowest BCUT2D eigenvalue weighted by Crippen LogP contribution is -2.45. The summed E-state index contributed by atoms with van der Waals surface area (Å²) in [5, 5.41) is 13.5. The molecule has 2 N–H and O–H groups in total. The van der Waals surface area contributed by atoms with Crippen LogP contribution in [0.15, 0.2) is 24.3 Å². The average molecular weight is 701 g/mol. The normalized spacial score (nSPS) is 14.9. The quantitative estimate of drug-likeness (QED) is 0.0295. The number of rotatable bonds is 35. The monoisotopic (exact) mass is 701 g/mol. The van der Waals surface area contributed by atoms with Crippen molar-refractivity contribution in [3.8, 4) is 0 Å². The van der Waals surface area contributed by atoms with Gasteiger partial charge in [-0.25, -0.2) is 0 Å². The van der Waals surface area contributed by atoms with E-state index >= 15 is 0 Å². The number of quaternary nitrogens is 1. The van der Waals surface area contributed by atoms with Crippen molar-refractivity contribution in [1.29, 1.82) is 0 Å². The standard InChI is InChI=1S/C39H77N2O6P/c1-6-8-10-12-13-14-15-16-17-18-19-20-21-22-23-24-25-26-27-29-31-33-39(43)40-37(38(42)32-30-28-11-9-7-2)36-47-48(44,45)46-35-34-41(3,4)5/h18-19,30,32,37-38,42H,6-17,20-29,31,33-36H2,1-5H3,(H-,40,43,44,45)/b19-18-,32-30+. The summed E-state index contributed by atoms with van der Waals surface area (Å²) in [5.41, 5.74) is 0. The molecule has 0 radical (unpaired) electrons. The predicted molar refractivity (Wildman–Crippen MR) is 201 cm³/mol. The molecule has 284 valence electrons. The Kier molecular flexibility index (Phi) is 31.2. The summed E-state index contributed by atoms with van der Waals surface area (Å²) in [5.74, 6) is -0.208. The smallest absolute Gasteiger partial charge is 0.268 e. The maximum atomic E-state index is 12.7. The lowest BCUT2D eigenvalue weighted by atomic mass is 10.0. The minimum Gasteiger partial charge on any atom is -0.756 e. The van der Waals surface area contributed by atoms with Crippen LogP contribution in [0.1, 0.15) is 168 Å². The van der Waals surface area contributed by atoms with Crippen LogP contribution in [0.25, 0.3) is 0 Å². The molecule has 0 aliphatic heterocycles. The third-order valence-corrected chi connectivity index (χ3v) is 9.62. The Bertz CT molecular complexity index is 845. The summed E-state index contributed by atoms with van der Waals surface area (Å²) in [4.78, 5) is 25.0. The number of carbonyl (C=O) groups is 1. The van der Waals surface area contributed by atoms with Gasteiger partial charge < -0.3 is 28.8 Å². The summed E-state index contributed by atoms with van der Waals surface area (Å²) < 4.78 is 22.9. The minimum absolute atomic E-state index is 0.00173. The zero-order valence-electron chi connectivity index (χ0n) is 31.9. The molecule has 0 heterocycles. The number of carbonyl (C=O) groups excluding carboxylic acids is 1. The van der Waals surface area contributed by atoms with Crippen LogP contribution in [0.4, 0.5) is 0 Å². The van der Waals surface area contributed by atoms with Gasteiger partial charge in [0.1, 0.15) is 13.2 Å². The van der Waals surface area contributed by atoms with Crippen LogP contribution in [0.3, 0.4) is 0 Å². The van der Waals surface area contributed by atoms with Crippen molar-refractivity contribution in [2.24, 2.45) is 0 Å². The Balaban J connectivity index is 4.13. The van der Waals surface area contributed by atoms with Gasteiger partial charge in [-0.2, -0.15) is 0 Å². The highest BCUT2D eigenvalue weighted by Gasteiger charge is 2.23. The van der Waals surface area contributed by atoms with Gasteiger partial charge in [0, 0.05) is 6.42 Å². The van der Waals surface area contributed by atoms with Crippen molar-refractivity contribution in [1.82, 2.24) is 5.32 Å². The van der Waals surface area contributed by atoms with Gasteiger partial charge in [-0.15, -0.1) is 0 Å². The van der Waals surface area contributed by atoms with E-state index in [0.717, 1.165) is 44.9 Å². The average Bonchev–Trinajstić information content (AvgIpc) is 3.02. The third kappa shape index (κ3) is 33.5. The number of nitrogens with zero attached hydrogens (tertiary/aromatic N) is 1. The lowest BCUT2D eigenvalue weighted by molar-refractivity contribution is -0.870. The van der Waals surface area contributed by atoms with Crippen LogP contribution in [0, 0.1) is 0 Å². The van der Waals surface area contributed by atoms with Gasteiger partial charge in [0.05, 0.1) is 39.9 Å². The number of phosphoric acid groups is 1. The molecule has 48 heavy (non-hydrogen) atoms. The number of hydrogen-bond donors (Lipinski definition) is 2. The number of phosphoric ester groups is 1. The molecule has 0 aliphatic rings. The second-order valence-electron chi connectivity index (χ2n) is 14.6. The zero-order chi connectivity index (χ0) is 35.8. The van der Waals surface area contributed by atoms with E-state index in [0.29, 0.717) is 17.4 Å². The van der Waals surface area contributed by atoms with E-state index in [1.807, 2.05) is 27.2 Å². The fourth-order valence-electron chi connectivity index (χ4n) is 5.44. The first-order valence-corrected chi connectivity index (χ1v) is 21.2. The predicted octanol–water partition coefficient (Wildman–Crippen LogP) is 9.55. The Morgan fingerprint density at radius 3 is 1.67 bits per heavy atom. The zero-order valence-corrected chi connectivity index (χ0v) is 32.8. The van der Waals surface area contributed by atoms with E-state index < -0.39 is 20.0 Å². The molecule has 0 fully saturated rings. The highest BCUT2D eigenvalue weighted by atomic mass is 31.2. The molecule has 0 saturated heterocycles. The fraction of sp³-hybridized carbons (Fsp3) is 0.872. The van der Waals surface area contributed by atoms with Crippen LogP contribution in [0.5, 0.6) is 0 Å². The molecule has 9 heteroatoms. The molecule has 1 amide bonds. The molecule has 0 bridgehead atoms. The van der Waals surface area contributed by atoms with E-state index in [4.69, 9.17) is 9.05 Å². The first-order chi connectivity index (χ1) is 23.0. The lowest BCUT2D eigenvalue weighted by Gasteiger charge is -2.29. The SMILES string of the molecule is CCCCC/C=C/C(O)C(COP(=O)([O-])OCC[N+](C)(C)C)NC(=O)CCCCCCCCCCC/C=C\CCCCCCCCCC. The second kappa shape index (κ2) is 31.9. The molecule has 8 nitrogen and oxygen atoms in total. The minimum atomic E-state index is -4.57. The molecular formula is C39H77N2O6P. The number of hydrogen-bond acceptors (Lipinski definition) is 6. The van der Waals surface area contributed by atoms with Crippen molar-refractivity contribution >= 4 is 13.7 Å². The molecule has 0 aliphatic carbocycles. The molecule has 0 saturated carbocycles. The Hall–Kier alpha value is -1.02. The highest BCUT2D eigenvalue weighted by molar-refractivity contribution is 7.45. The van der Waals surface area contributed by atoms with Crippen molar-refractivity contribution in [2.75, 3.05) is 40.9 Å². The summed E-state index contributed by atoms with van der Waals surface area (Å²) in [6, 6.07) is -0.880. The van der Waals surface area contributed by atoms with Gasteiger partial charge in [-0.1, -0.05) is 141 Å². The molecule has 0 spiro atoms. The number of aliphatic hydroxyl groups excluding tert-OH is 1. The number of likely N-dealkylation sites (N-methyl/N-ethyl adjacent to an activating group) is 1. The van der Waals surface area contributed by atoms with Crippen molar-refractivity contribution in [3.05, 3.63) is 24.3 Å². The van der Waals surface area contributed by atoms with Gasteiger partial charge in [0.15, 0.2) is 0 Å². The number of aliphatic hydroxyl groups is 1. The van der Waals surface area contributed by atoms with E-state index in [1.54, 1.807) is 6.08 Å². The number of allylic oxidation sites excluding steroid dienone is 3. The molecular weight excluding hydrogens is 623 g/mol. The Morgan fingerprint density at radius 2 is 1.15 bits per heavy atom. The van der Waals surface area contributed by atoms with Crippen molar-refractivity contribution < 1.29 is 32.9 Å². The maximum absolute atomic E-state index is 12.7. The van der Waals surface area contributed by atoms with Gasteiger partial charge in [0.25, 0.3) is 7.82 Å². The van der Waals surface area contributed by atoms with Gasteiger partial charge in [-0.05, 0) is 44.9 Å². The largest absolute Gasteiger partial charge is 0.756 e. The van der Waals surface area contributed by atoms with Crippen LogP contribution in [0.2, 0.25) is 0 Å². The molecule has 0 rings (SSSR count). The molecule has 0 aromatic carbocycles. The third-order valence-electron chi connectivity index (χ3n) is 8.66. The topological polar surface area (TPSA) is 108 Å². The second-order valence-corrected chi connectivity index (χ2v) is 16.0. The highest BCUT2D eigenvalue weighted by Crippen LogP contribution is 2.38. The van der Waals surface area contributed by atoms with Crippen molar-refractivity contribution in [2.45, 2.75) is 180 Å². The summed E-state index contributed by atoms with van der Waals surface area (Å²) in [6.07, 6.45) is 35.5. The molecule has 0 aromatic rings. The van der Waals surface area contributed by atoms with E-state index in [9.17, 15) is 19.4 Å². The first kappa shape index (κ1) is 47.0. The van der Waals surface area contributed by atoms with Gasteiger partial charge in [0.2, 0.25) is 5.91 Å². The van der Waals surface area contributed by atoms with E-state index in [1.165, 1.54) is 103 Å². The van der Waals surface area contributed by atoms with Gasteiger partial charge in [-0.3, -0.25) is 9.36 Å². The van der Waals surface area contributed by atoms with Crippen LogP contribution in [-0.2, 0) is 18.4 Å². The Labute approximate surface area is 296 Å². The van der Waals surface area contributed by atoms with Crippen LogP contribution < -0.4 is 10.2 Å². The number of amides is 1. The van der Waals surface area contributed by atoms with E-state index in [2.05, 4.69) is 31.3 Å². The maximum Gasteiger partial charge on any atom is 0.268 e. The fourth-order valence-corrected chi connectivity index (χ4v) is 6.16. The van der Waals surface area contributed by atoms with Crippen LogP contribution >= 0.6 is 7.82 Å². The molecule has 0 aromatic heterocycles. The van der Waals surface area contributed by atoms with Crippen LogP contribution in [-0.4, -0.2) is 68.5 Å². The van der Waals surface area contributed by atoms with Crippen molar-refractivity contribution in [3.63, 3.8) is 0 Å². The molecule has 3 unspecified atom stereocenters. The number of nitrogens with one attached hydrogen (secondary N) is 1. The summed E-state index contributed by atoms with van der Waals surface area (Å²) in [7, 11) is 1.25. The Morgan fingerprint density at radius 1 is 0.708 bits per heavy atom. The summed E-state index contributed by atoms with van der Waals surface area (Å²) in [6.45, 7) is 4.52. The van der Waals surface area contributed by atoms with E-state index in [-0.39, 0.29) is 19.1 Å².